The van der Waals surface area contributed by atoms with Crippen LogP contribution in [0.3, 0.4) is 0 Å². The zero-order valence-corrected chi connectivity index (χ0v) is 13.5. The molecule has 2 aromatic carbocycles. The van der Waals surface area contributed by atoms with Crippen molar-refractivity contribution < 1.29 is 22.0 Å². The summed E-state index contributed by atoms with van der Waals surface area (Å²) in [7, 11) is -3.33. The molecule has 0 amide bonds. The molecule has 0 aliphatic carbocycles. The lowest BCUT2D eigenvalue weighted by Gasteiger charge is -2.17. The molecule has 122 valence electrons. The zero-order chi connectivity index (χ0) is 17.2. The van der Waals surface area contributed by atoms with Crippen molar-refractivity contribution in [2.24, 2.45) is 0 Å². The summed E-state index contributed by atoms with van der Waals surface area (Å²) in [5.41, 5.74) is 0.961. The van der Waals surface area contributed by atoms with Crippen molar-refractivity contribution in [2.45, 2.75) is 24.2 Å². The fourth-order valence-electron chi connectivity index (χ4n) is 2.44. The number of carbonyl (C=O) groups is 1. The van der Waals surface area contributed by atoms with Gasteiger partial charge >= 0.3 is 0 Å². The number of sulfone groups is 1. The first-order valence-electron chi connectivity index (χ1n) is 6.92. The smallest absolute Gasteiger partial charge is 0.175 e. The molecule has 0 heterocycles. The second kappa shape index (κ2) is 6.58. The minimum absolute atomic E-state index is 0.0706. The zero-order valence-electron chi connectivity index (χ0n) is 12.7. The van der Waals surface area contributed by atoms with Gasteiger partial charge in [0.25, 0.3) is 0 Å². The summed E-state index contributed by atoms with van der Waals surface area (Å²) in [5, 5.41) is 0. The van der Waals surface area contributed by atoms with E-state index in [0.717, 1.165) is 12.3 Å². The Kier molecular flexibility index (Phi) is 4.94. The summed E-state index contributed by atoms with van der Waals surface area (Å²) >= 11 is 0. The van der Waals surface area contributed by atoms with Crippen LogP contribution in [-0.2, 0) is 14.6 Å². The number of hydrogen-bond acceptors (Lipinski definition) is 3. The van der Waals surface area contributed by atoms with Gasteiger partial charge in [-0.25, -0.2) is 17.2 Å². The highest BCUT2D eigenvalue weighted by atomic mass is 32.2. The fraction of sp³-hybridized carbons (Fsp3) is 0.235. The fourth-order valence-corrected chi connectivity index (χ4v) is 3.07. The van der Waals surface area contributed by atoms with Gasteiger partial charge < -0.3 is 0 Å². The third-order valence-corrected chi connectivity index (χ3v) is 4.62. The molecule has 0 saturated heterocycles. The van der Waals surface area contributed by atoms with Crippen LogP contribution in [0.4, 0.5) is 8.78 Å². The van der Waals surface area contributed by atoms with Crippen molar-refractivity contribution in [3.63, 3.8) is 0 Å². The standard InChI is InChI=1S/C17H16F2O3S/c1-11(20)7-17(13-8-14(18)10-15(19)9-13)12-3-5-16(6-4-12)23(2,21)22/h3-6,8-10,17H,7H2,1-2H3. The summed E-state index contributed by atoms with van der Waals surface area (Å²) in [6, 6.07) is 9.10. The number of rotatable bonds is 5. The topological polar surface area (TPSA) is 51.2 Å². The highest BCUT2D eigenvalue weighted by Gasteiger charge is 2.19. The molecule has 0 radical (unpaired) electrons. The summed E-state index contributed by atoms with van der Waals surface area (Å²) < 4.78 is 49.9. The molecule has 0 spiro atoms. The molecule has 3 nitrogen and oxygen atoms in total. The van der Waals surface area contributed by atoms with E-state index in [1.807, 2.05) is 0 Å². The Morgan fingerprint density at radius 3 is 1.96 bits per heavy atom. The average molecular weight is 338 g/mol. The quantitative estimate of drug-likeness (QED) is 0.839. The maximum absolute atomic E-state index is 13.5. The molecule has 0 aliphatic rings. The molecule has 0 fully saturated rings. The molecule has 0 saturated carbocycles. The second-order valence-corrected chi connectivity index (χ2v) is 7.52. The first-order valence-corrected chi connectivity index (χ1v) is 8.81. The molecule has 1 unspecified atom stereocenters. The molecule has 0 aliphatic heterocycles. The number of hydrogen-bond donors (Lipinski definition) is 0. The predicted molar refractivity (Wildman–Crippen MR) is 83.1 cm³/mol. The Morgan fingerprint density at radius 2 is 1.52 bits per heavy atom. The minimum atomic E-state index is -3.33. The van der Waals surface area contributed by atoms with Crippen LogP contribution in [0.15, 0.2) is 47.4 Å². The normalized spacial score (nSPS) is 12.9. The van der Waals surface area contributed by atoms with Gasteiger partial charge in [0.2, 0.25) is 0 Å². The van der Waals surface area contributed by atoms with Gasteiger partial charge in [0.1, 0.15) is 17.4 Å². The van der Waals surface area contributed by atoms with Crippen molar-refractivity contribution in [3.05, 3.63) is 65.2 Å². The van der Waals surface area contributed by atoms with E-state index in [4.69, 9.17) is 0 Å². The van der Waals surface area contributed by atoms with Crippen LogP contribution >= 0.6 is 0 Å². The maximum atomic E-state index is 13.5. The van der Waals surface area contributed by atoms with E-state index < -0.39 is 27.4 Å². The van der Waals surface area contributed by atoms with Gasteiger partial charge in [-0.2, -0.15) is 0 Å². The summed E-state index contributed by atoms with van der Waals surface area (Å²) in [4.78, 5) is 11.7. The summed E-state index contributed by atoms with van der Waals surface area (Å²) in [5.74, 6) is -2.11. The lowest BCUT2D eigenvalue weighted by atomic mass is 9.87. The molecule has 2 rings (SSSR count). The second-order valence-electron chi connectivity index (χ2n) is 5.50. The van der Waals surface area contributed by atoms with E-state index >= 15 is 0 Å². The molecule has 0 aromatic heterocycles. The number of Topliss-reactive ketones (excluding diaryl/α,β-unsaturated/α-hetero) is 1. The van der Waals surface area contributed by atoms with Crippen LogP contribution in [0.5, 0.6) is 0 Å². The number of benzene rings is 2. The molecule has 0 N–H and O–H groups in total. The Balaban J connectivity index is 2.48. The van der Waals surface area contributed by atoms with Crippen LogP contribution in [-0.4, -0.2) is 20.5 Å². The Morgan fingerprint density at radius 1 is 1.00 bits per heavy atom. The Hall–Kier alpha value is -2.08. The van der Waals surface area contributed by atoms with Crippen LogP contribution < -0.4 is 0 Å². The highest BCUT2D eigenvalue weighted by molar-refractivity contribution is 7.90. The van der Waals surface area contributed by atoms with Crippen LogP contribution in [0.2, 0.25) is 0 Å². The number of halogens is 2. The van der Waals surface area contributed by atoms with Gasteiger partial charge in [0.05, 0.1) is 4.90 Å². The van der Waals surface area contributed by atoms with E-state index in [9.17, 15) is 22.0 Å². The van der Waals surface area contributed by atoms with E-state index in [0.29, 0.717) is 11.1 Å². The maximum Gasteiger partial charge on any atom is 0.175 e. The molecular formula is C17H16F2O3S. The SMILES string of the molecule is CC(=O)CC(c1ccc(S(C)(=O)=O)cc1)c1cc(F)cc(F)c1. The van der Waals surface area contributed by atoms with Crippen molar-refractivity contribution in [1.29, 1.82) is 0 Å². The van der Waals surface area contributed by atoms with Gasteiger partial charge in [0.15, 0.2) is 9.84 Å². The Bertz CT molecular complexity index is 807. The van der Waals surface area contributed by atoms with Gasteiger partial charge in [0, 0.05) is 24.7 Å². The molecule has 0 bridgehead atoms. The van der Waals surface area contributed by atoms with Crippen molar-refractivity contribution in [2.75, 3.05) is 6.26 Å². The van der Waals surface area contributed by atoms with E-state index in [-0.39, 0.29) is 17.1 Å². The third kappa shape index (κ3) is 4.45. The third-order valence-electron chi connectivity index (χ3n) is 3.49. The number of ketones is 1. The molecule has 1 atom stereocenters. The van der Waals surface area contributed by atoms with Crippen LogP contribution in [0.25, 0.3) is 0 Å². The molecule has 23 heavy (non-hydrogen) atoms. The van der Waals surface area contributed by atoms with Crippen molar-refractivity contribution in [1.82, 2.24) is 0 Å². The van der Waals surface area contributed by atoms with Gasteiger partial charge in [-0.15, -0.1) is 0 Å². The molecular weight excluding hydrogens is 322 g/mol. The van der Waals surface area contributed by atoms with E-state index in [1.165, 1.54) is 31.2 Å². The van der Waals surface area contributed by atoms with Crippen molar-refractivity contribution in [3.8, 4) is 0 Å². The summed E-state index contributed by atoms with van der Waals surface area (Å²) in [6.45, 7) is 1.40. The summed E-state index contributed by atoms with van der Waals surface area (Å²) in [6.07, 6.45) is 1.16. The van der Waals surface area contributed by atoms with Crippen molar-refractivity contribution >= 4 is 15.6 Å². The van der Waals surface area contributed by atoms with Gasteiger partial charge in [-0.1, -0.05) is 12.1 Å². The Labute approximate surface area is 133 Å². The van der Waals surface area contributed by atoms with Crippen LogP contribution in [0, 0.1) is 11.6 Å². The minimum Gasteiger partial charge on any atom is -0.300 e. The van der Waals surface area contributed by atoms with E-state index in [2.05, 4.69) is 0 Å². The van der Waals surface area contributed by atoms with E-state index in [1.54, 1.807) is 12.1 Å². The molecule has 6 heteroatoms. The lowest BCUT2D eigenvalue weighted by molar-refractivity contribution is -0.117. The van der Waals surface area contributed by atoms with Gasteiger partial charge in [-0.3, -0.25) is 4.79 Å². The van der Waals surface area contributed by atoms with Crippen LogP contribution in [0.1, 0.15) is 30.4 Å². The van der Waals surface area contributed by atoms with Gasteiger partial charge in [-0.05, 0) is 42.3 Å². The highest BCUT2D eigenvalue weighted by Crippen LogP contribution is 2.30. The first kappa shape index (κ1) is 17.3. The average Bonchev–Trinajstić information content (AvgIpc) is 2.42. The number of carbonyl (C=O) groups excluding carboxylic acids is 1. The predicted octanol–water partition coefficient (Wildman–Crippen LogP) is 3.48. The lowest BCUT2D eigenvalue weighted by Crippen LogP contribution is -2.08. The molecule has 2 aromatic rings. The first-order chi connectivity index (χ1) is 10.7. The monoisotopic (exact) mass is 338 g/mol. The largest absolute Gasteiger partial charge is 0.300 e.